The van der Waals surface area contributed by atoms with E-state index in [1.807, 2.05) is 18.2 Å². The molecule has 0 spiro atoms. The molecule has 0 aromatic heterocycles. The number of amides is 2. The third-order valence-electron chi connectivity index (χ3n) is 3.55. The number of nitrogens with one attached hydrogen (secondary N) is 1. The fraction of sp³-hybridized carbons (Fsp3) is 0.467. The lowest BCUT2D eigenvalue weighted by Crippen LogP contribution is -2.41. The van der Waals surface area contributed by atoms with E-state index in [0.29, 0.717) is 18.8 Å². The molecule has 2 rings (SSSR count). The Balaban J connectivity index is 1.91. The maximum Gasteiger partial charge on any atom is 0.313 e. The summed E-state index contributed by atoms with van der Waals surface area (Å²) in [5, 5.41) is 2.64. The summed E-state index contributed by atoms with van der Waals surface area (Å²) in [5.41, 5.74) is 0.649. The van der Waals surface area contributed by atoms with Gasteiger partial charge in [0.25, 0.3) is 0 Å². The third-order valence-corrected chi connectivity index (χ3v) is 3.55. The van der Waals surface area contributed by atoms with E-state index >= 15 is 0 Å². The summed E-state index contributed by atoms with van der Waals surface area (Å²) >= 11 is 0. The van der Waals surface area contributed by atoms with Crippen molar-refractivity contribution in [3.8, 4) is 0 Å². The first-order chi connectivity index (χ1) is 9.70. The van der Waals surface area contributed by atoms with Gasteiger partial charge < -0.3 is 15.1 Å². The quantitative estimate of drug-likeness (QED) is 0.825. The zero-order valence-corrected chi connectivity index (χ0v) is 11.8. The largest absolute Gasteiger partial charge is 0.333 e. The Labute approximate surface area is 119 Å². The van der Waals surface area contributed by atoms with Crippen LogP contribution in [-0.2, 0) is 9.59 Å². The Kier molecular flexibility index (Phi) is 5.12. The van der Waals surface area contributed by atoms with Crippen LogP contribution in [0.15, 0.2) is 30.3 Å². The molecule has 5 heteroatoms. The molecule has 1 aliphatic rings. The molecule has 5 nitrogen and oxygen atoms in total. The SMILES string of the molecule is CCN1CCCN(C(=O)C(=O)Nc2ccccc2)CC1. The van der Waals surface area contributed by atoms with Crippen molar-refractivity contribution < 1.29 is 9.59 Å². The van der Waals surface area contributed by atoms with E-state index in [0.717, 1.165) is 26.1 Å². The highest BCUT2D eigenvalue weighted by molar-refractivity contribution is 6.39. The van der Waals surface area contributed by atoms with Crippen LogP contribution in [0.2, 0.25) is 0 Å². The first-order valence-corrected chi connectivity index (χ1v) is 7.08. The van der Waals surface area contributed by atoms with Crippen LogP contribution in [0.5, 0.6) is 0 Å². The molecular weight excluding hydrogens is 254 g/mol. The summed E-state index contributed by atoms with van der Waals surface area (Å²) in [6.45, 7) is 6.19. The van der Waals surface area contributed by atoms with Gasteiger partial charge in [0.1, 0.15) is 0 Å². The Morgan fingerprint density at radius 2 is 1.85 bits per heavy atom. The van der Waals surface area contributed by atoms with E-state index in [4.69, 9.17) is 0 Å². The van der Waals surface area contributed by atoms with E-state index in [1.54, 1.807) is 17.0 Å². The number of rotatable bonds is 2. The molecule has 1 aliphatic heterocycles. The molecule has 0 saturated carbocycles. The molecule has 2 amide bonds. The Bertz CT molecular complexity index is 461. The third kappa shape index (κ3) is 3.81. The summed E-state index contributed by atoms with van der Waals surface area (Å²) < 4.78 is 0. The number of anilines is 1. The first kappa shape index (κ1) is 14.5. The van der Waals surface area contributed by atoms with Crippen molar-refractivity contribution in [3.63, 3.8) is 0 Å². The van der Waals surface area contributed by atoms with Crippen molar-refractivity contribution in [3.05, 3.63) is 30.3 Å². The van der Waals surface area contributed by atoms with Crippen LogP contribution < -0.4 is 5.32 Å². The number of hydrogen-bond acceptors (Lipinski definition) is 3. The summed E-state index contributed by atoms with van der Waals surface area (Å²) in [6, 6.07) is 9.06. The number of carbonyl (C=O) groups is 2. The molecule has 20 heavy (non-hydrogen) atoms. The Hall–Kier alpha value is -1.88. The van der Waals surface area contributed by atoms with E-state index in [-0.39, 0.29) is 0 Å². The molecule has 0 aliphatic carbocycles. The standard InChI is InChI=1S/C15H21N3O2/c1-2-17-9-6-10-18(12-11-17)15(20)14(19)16-13-7-4-3-5-8-13/h3-5,7-8H,2,6,9-12H2,1H3,(H,16,19). The summed E-state index contributed by atoms with van der Waals surface area (Å²) in [6.07, 6.45) is 0.915. The van der Waals surface area contributed by atoms with Crippen molar-refractivity contribution >= 4 is 17.5 Å². The molecule has 1 aromatic carbocycles. The highest BCUT2D eigenvalue weighted by Gasteiger charge is 2.24. The van der Waals surface area contributed by atoms with Crippen molar-refractivity contribution in [2.45, 2.75) is 13.3 Å². The fourth-order valence-corrected chi connectivity index (χ4v) is 2.34. The molecule has 0 radical (unpaired) electrons. The summed E-state index contributed by atoms with van der Waals surface area (Å²) in [5.74, 6) is -0.993. The van der Waals surface area contributed by atoms with Gasteiger partial charge in [0.15, 0.2) is 0 Å². The first-order valence-electron chi connectivity index (χ1n) is 7.08. The van der Waals surface area contributed by atoms with Crippen molar-refractivity contribution in [2.75, 3.05) is 38.0 Å². The topological polar surface area (TPSA) is 52.7 Å². The fourth-order valence-electron chi connectivity index (χ4n) is 2.34. The average Bonchev–Trinajstić information content (AvgIpc) is 2.72. The van der Waals surface area contributed by atoms with Crippen molar-refractivity contribution in [1.29, 1.82) is 0 Å². The van der Waals surface area contributed by atoms with Crippen molar-refractivity contribution in [2.24, 2.45) is 0 Å². The van der Waals surface area contributed by atoms with Gasteiger partial charge in [-0.2, -0.15) is 0 Å². The van der Waals surface area contributed by atoms with Gasteiger partial charge in [-0.05, 0) is 31.6 Å². The number of nitrogens with zero attached hydrogens (tertiary/aromatic N) is 2. The van der Waals surface area contributed by atoms with Gasteiger partial charge in [0, 0.05) is 25.3 Å². The smallest absolute Gasteiger partial charge is 0.313 e. The average molecular weight is 275 g/mol. The highest BCUT2D eigenvalue weighted by Crippen LogP contribution is 2.07. The van der Waals surface area contributed by atoms with Crippen LogP contribution in [0.1, 0.15) is 13.3 Å². The van der Waals surface area contributed by atoms with Gasteiger partial charge in [-0.25, -0.2) is 0 Å². The highest BCUT2D eigenvalue weighted by atomic mass is 16.2. The molecule has 1 N–H and O–H groups in total. The monoisotopic (exact) mass is 275 g/mol. The minimum Gasteiger partial charge on any atom is -0.333 e. The Morgan fingerprint density at radius 3 is 2.55 bits per heavy atom. The molecule has 0 unspecified atom stereocenters. The van der Waals surface area contributed by atoms with Crippen molar-refractivity contribution in [1.82, 2.24) is 9.80 Å². The van der Waals surface area contributed by atoms with Gasteiger partial charge >= 0.3 is 11.8 Å². The minimum atomic E-state index is -0.554. The minimum absolute atomic E-state index is 0.438. The second kappa shape index (κ2) is 7.05. The van der Waals surface area contributed by atoms with Gasteiger partial charge in [-0.3, -0.25) is 9.59 Å². The lowest BCUT2D eigenvalue weighted by atomic mass is 10.3. The summed E-state index contributed by atoms with van der Waals surface area (Å²) in [4.78, 5) is 28.0. The lowest BCUT2D eigenvalue weighted by Gasteiger charge is -2.20. The van der Waals surface area contributed by atoms with Crippen LogP contribution in [0.4, 0.5) is 5.69 Å². The van der Waals surface area contributed by atoms with E-state index in [9.17, 15) is 9.59 Å². The van der Waals surface area contributed by atoms with Crippen LogP contribution in [0, 0.1) is 0 Å². The number of hydrogen-bond donors (Lipinski definition) is 1. The van der Waals surface area contributed by atoms with Gasteiger partial charge in [0.05, 0.1) is 0 Å². The predicted octanol–water partition coefficient (Wildman–Crippen LogP) is 1.18. The maximum absolute atomic E-state index is 12.1. The van der Waals surface area contributed by atoms with Crippen LogP contribution >= 0.6 is 0 Å². The lowest BCUT2D eigenvalue weighted by molar-refractivity contribution is -0.143. The molecule has 0 bridgehead atoms. The van der Waals surface area contributed by atoms with Crippen LogP contribution in [-0.4, -0.2) is 54.3 Å². The molecule has 1 saturated heterocycles. The normalized spacial score (nSPS) is 16.6. The number of para-hydroxylation sites is 1. The number of benzene rings is 1. The van der Waals surface area contributed by atoms with Gasteiger partial charge in [0.2, 0.25) is 0 Å². The molecular formula is C15H21N3O2. The second-order valence-corrected chi connectivity index (χ2v) is 4.90. The Morgan fingerprint density at radius 1 is 1.10 bits per heavy atom. The molecule has 1 heterocycles. The zero-order chi connectivity index (χ0) is 14.4. The van der Waals surface area contributed by atoms with E-state index in [1.165, 1.54) is 0 Å². The molecule has 0 atom stereocenters. The van der Waals surface area contributed by atoms with Crippen LogP contribution in [0.3, 0.4) is 0 Å². The number of likely N-dealkylation sites (N-methyl/N-ethyl adjacent to an activating group) is 1. The van der Waals surface area contributed by atoms with Gasteiger partial charge in [-0.1, -0.05) is 25.1 Å². The predicted molar refractivity (Wildman–Crippen MR) is 78.4 cm³/mol. The van der Waals surface area contributed by atoms with Gasteiger partial charge in [-0.15, -0.1) is 0 Å². The van der Waals surface area contributed by atoms with E-state index < -0.39 is 11.8 Å². The number of carbonyl (C=O) groups excluding carboxylic acids is 2. The molecule has 1 fully saturated rings. The zero-order valence-electron chi connectivity index (χ0n) is 11.8. The molecule has 1 aromatic rings. The van der Waals surface area contributed by atoms with E-state index in [2.05, 4.69) is 17.1 Å². The summed E-state index contributed by atoms with van der Waals surface area (Å²) in [7, 11) is 0. The van der Waals surface area contributed by atoms with Crippen LogP contribution in [0.25, 0.3) is 0 Å². The maximum atomic E-state index is 12.1. The molecule has 108 valence electrons. The second-order valence-electron chi connectivity index (χ2n) is 4.90.